The van der Waals surface area contributed by atoms with E-state index in [1.165, 1.54) is 5.56 Å². The lowest BCUT2D eigenvalue weighted by Gasteiger charge is -2.25. The van der Waals surface area contributed by atoms with E-state index in [0.717, 1.165) is 5.56 Å². The van der Waals surface area contributed by atoms with Gasteiger partial charge in [0, 0.05) is 13.0 Å². The maximum atomic E-state index is 11.6. The minimum Gasteiger partial charge on any atom is -0.481 e. The van der Waals surface area contributed by atoms with Gasteiger partial charge >= 0.3 is 5.97 Å². The summed E-state index contributed by atoms with van der Waals surface area (Å²) in [6.45, 7) is 2.50. The van der Waals surface area contributed by atoms with Crippen molar-refractivity contribution in [2.75, 3.05) is 20.6 Å². The van der Waals surface area contributed by atoms with Gasteiger partial charge in [-0.1, -0.05) is 29.8 Å². The second-order valence-corrected chi connectivity index (χ2v) is 5.09. The number of hydrogen-bond donors (Lipinski definition) is 2. The van der Waals surface area contributed by atoms with Crippen LogP contribution >= 0.6 is 0 Å². The molecule has 0 aliphatic heterocycles. The molecule has 1 aromatic rings. The van der Waals surface area contributed by atoms with Crippen molar-refractivity contribution in [3.63, 3.8) is 0 Å². The third kappa shape index (κ3) is 5.40. The minimum absolute atomic E-state index is 0.0172. The lowest BCUT2D eigenvalue weighted by Crippen LogP contribution is -2.34. The van der Waals surface area contributed by atoms with Crippen LogP contribution in [-0.4, -0.2) is 42.5 Å². The summed E-state index contributed by atoms with van der Waals surface area (Å²) in [5.41, 5.74) is 2.32. The molecule has 0 aromatic heterocycles. The van der Waals surface area contributed by atoms with Crippen LogP contribution in [0.1, 0.15) is 30.0 Å². The average Bonchev–Trinajstić information content (AvgIpc) is 2.38. The normalized spacial score (nSPS) is 12.2. The van der Waals surface area contributed by atoms with E-state index < -0.39 is 5.97 Å². The number of nitrogens with zero attached hydrogens (tertiary/aromatic N) is 1. The van der Waals surface area contributed by atoms with Gasteiger partial charge in [-0.3, -0.25) is 9.59 Å². The van der Waals surface area contributed by atoms with Crippen LogP contribution < -0.4 is 5.32 Å². The monoisotopic (exact) mass is 278 g/mol. The Balaban J connectivity index is 2.58. The summed E-state index contributed by atoms with van der Waals surface area (Å²) in [5, 5.41) is 11.3. The summed E-state index contributed by atoms with van der Waals surface area (Å²) >= 11 is 0. The molecule has 2 N–H and O–H groups in total. The van der Waals surface area contributed by atoms with E-state index in [1.807, 2.05) is 50.2 Å². The molecule has 0 unspecified atom stereocenters. The van der Waals surface area contributed by atoms with Gasteiger partial charge in [0.1, 0.15) is 0 Å². The predicted octanol–water partition coefficient (Wildman–Crippen LogP) is 1.58. The van der Waals surface area contributed by atoms with E-state index in [4.69, 9.17) is 5.11 Å². The molecule has 5 nitrogen and oxygen atoms in total. The van der Waals surface area contributed by atoms with E-state index >= 15 is 0 Å². The maximum Gasteiger partial charge on any atom is 0.303 e. The fourth-order valence-electron chi connectivity index (χ4n) is 1.91. The summed E-state index contributed by atoms with van der Waals surface area (Å²) in [6, 6.07) is 8.24. The highest BCUT2D eigenvalue weighted by Gasteiger charge is 2.15. The standard InChI is InChI=1S/C15H22N2O3/c1-11-4-6-12(7-5-11)13(17(2)3)10-16-14(18)8-9-15(19)20/h4-7,13H,8-10H2,1-3H3,(H,16,18)(H,19,20)/t13-/m1/s1. The van der Waals surface area contributed by atoms with Crippen molar-refractivity contribution in [3.8, 4) is 0 Å². The fraction of sp³-hybridized carbons (Fsp3) is 0.467. The zero-order chi connectivity index (χ0) is 15.1. The molecule has 110 valence electrons. The van der Waals surface area contributed by atoms with Crippen LogP contribution in [0.5, 0.6) is 0 Å². The van der Waals surface area contributed by atoms with Crippen LogP contribution in [-0.2, 0) is 9.59 Å². The minimum atomic E-state index is -0.956. The second kappa shape index (κ2) is 7.65. The molecule has 1 aromatic carbocycles. The zero-order valence-corrected chi connectivity index (χ0v) is 12.2. The second-order valence-electron chi connectivity index (χ2n) is 5.09. The summed E-state index contributed by atoms with van der Waals surface area (Å²) < 4.78 is 0. The third-order valence-electron chi connectivity index (χ3n) is 3.14. The Morgan fingerprint density at radius 3 is 2.30 bits per heavy atom. The van der Waals surface area contributed by atoms with E-state index in [1.54, 1.807) is 0 Å². The molecule has 20 heavy (non-hydrogen) atoms. The van der Waals surface area contributed by atoms with Crippen molar-refractivity contribution in [2.24, 2.45) is 0 Å². The van der Waals surface area contributed by atoms with Gasteiger partial charge < -0.3 is 15.3 Å². The highest BCUT2D eigenvalue weighted by Crippen LogP contribution is 2.17. The Morgan fingerprint density at radius 1 is 1.20 bits per heavy atom. The Labute approximate surface area is 119 Å². The molecule has 0 aliphatic rings. The van der Waals surface area contributed by atoms with Gasteiger partial charge in [-0.05, 0) is 26.6 Å². The van der Waals surface area contributed by atoms with Gasteiger partial charge in [-0.25, -0.2) is 0 Å². The number of likely N-dealkylation sites (N-methyl/N-ethyl adjacent to an activating group) is 1. The molecule has 0 saturated heterocycles. The van der Waals surface area contributed by atoms with Crippen LogP contribution in [0.25, 0.3) is 0 Å². The first-order valence-corrected chi connectivity index (χ1v) is 6.61. The lowest BCUT2D eigenvalue weighted by molar-refractivity contribution is -0.138. The zero-order valence-electron chi connectivity index (χ0n) is 12.2. The molecular formula is C15H22N2O3. The Kier molecular flexibility index (Phi) is 6.18. The maximum absolute atomic E-state index is 11.6. The molecule has 0 radical (unpaired) electrons. The van der Waals surface area contributed by atoms with Crippen LogP contribution in [0.15, 0.2) is 24.3 Å². The van der Waals surface area contributed by atoms with Gasteiger partial charge in [0.2, 0.25) is 5.91 Å². The molecule has 0 bridgehead atoms. The number of hydrogen-bond acceptors (Lipinski definition) is 3. The average molecular weight is 278 g/mol. The molecule has 0 fully saturated rings. The van der Waals surface area contributed by atoms with Crippen molar-refractivity contribution in [1.82, 2.24) is 10.2 Å². The molecule has 0 spiro atoms. The number of carbonyl (C=O) groups excluding carboxylic acids is 1. The van der Waals surface area contributed by atoms with Gasteiger partial charge in [0.15, 0.2) is 0 Å². The molecule has 1 atom stereocenters. The summed E-state index contributed by atoms with van der Waals surface area (Å²) in [7, 11) is 3.90. The SMILES string of the molecule is Cc1ccc([C@@H](CNC(=O)CCC(=O)O)N(C)C)cc1. The number of aryl methyl sites for hydroxylation is 1. The van der Waals surface area contributed by atoms with E-state index in [0.29, 0.717) is 6.54 Å². The number of carboxylic acid groups (broad SMARTS) is 1. The van der Waals surface area contributed by atoms with Gasteiger partial charge in [-0.2, -0.15) is 0 Å². The summed E-state index contributed by atoms with van der Waals surface area (Å²) in [4.78, 5) is 24.0. The van der Waals surface area contributed by atoms with Crippen molar-refractivity contribution in [1.29, 1.82) is 0 Å². The third-order valence-corrected chi connectivity index (χ3v) is 3.14. The Morgan fingerprint density at radius 2 is 1.80 bits per heavy atom. The van der Waals surface area contributed by atoms with E-state index in [2.05, 4.69) is 5.32 Å². The number of rotatable bonds is 7. The highest BCUT2D eigenvalue weighted by atomic mass is 16.4. The number of aliphatic carboxylic acids is 1. The first-order valence-electron chi connectivity index (χ1n) is 6.61. The number of benzene rings is 1. The van der Waals surface area contributed by atoms with Crippen LogP contribution in [0.4, 0.5) is 0 Å². The van der Waals surface area contributed by atoms with Crippen molar-refractivity contribution < 1.29 is 14.7 Å². The first-order chi connectivity index (χ1) is 9.40. The topological polar surface area (TPSA) is 69.6 Å². The van der Waals surface area contributed by atoms with Gasteiger partial charge in [-0.15, -0.1) is 0 Å². The molecular weight excluding hydrogens is 256 g/mol. The number of amides is 1. The van der Waals surface area contributed by atoms with Gasteiger partial charge in [0.25, 0.3) is 0 Å². The first kappa shape index (κ1) is 16.2. The lowest BCUT2D eigenvalue weighted by atomic mass is 10.0. The fourth-order valence-corrected chi connectivity index (χ4v) is 1.91. The van der Waals surface area contributed by atoms with Crippen LogP contribution in [0.2, 0.25) is 0 Å². The van der Waals surface area contributed by atoms with Crippen LogP contribution in [0.3, 0.4) is 0 Å². The van der Waals surface area contributed by atoms with Gasteiger partial charge in [0.05, 0.1) is 12.5 Å². The van der Waals surface area contributed by atoms with E-state index in [-0.39, 0.29) is 24.8 Å². The smallest absolute Gasteiger partial charge is 0.303 e. The summed E-state index contributed by atoms with van der Waals surface area (Å²) in [5.74, 6) is -1.19. The molecule has 0 aliphatic carbocycles. The summed E-state index contributed by atoms with van der Waals surface area (Å²) in [6.07, 6.45) is -0.119. The molecule has 5 heteroatoms. The van der Waals surface area contributed by atoms with Crippen LogP contribution in [0, 0.1) is 6.92 Å². The molecule has 0 heterocycles. The molecule has 1 amide bonds. The molecule has 1 rings (SSSR count). The highest BCUT2D eigenvalue weighted by molar-refractivity contribution is 5.80. The largest absolute Gasteiger partial charge is 0.481 e. The Hall–Kier alpha value is -1.88. The number of nitrogens with one attached hydrogen (secondary N) is 1. The quantitative estimate of drug-likeness (QED) is 0.794. The predicted molar refractivity (Wildman–Crippen MR) is 77.5 cm³/mol. The number of carboxylic acids is 1. The van der Waals surface area contributed by atoms with Crippen molar-refractivity contribution in [2.45, 2.75) is 25.8 Å². The Bertz CT molecular complexity index is 455. The molecule has 0 saturated carbocycles. The van der Waals surface area contributed by atoms with Crippen molar-refractivity contribution >= 4 is 11.9 Å². The number of carbonyl (C=O) groups is 2. The van der Waals surface area contributed by atoms with E-state index in [9.17, 15) is 9.59 Å². The van der Waals surface area contributed by atoms with Crippen molar-refractivity contribution in [3.05, 3.63) is 35.4 Å².